The summed E-state index contributed by atoms with van der Waals surface area (Å²) >= 11 is 0. The van der Waals surface area contributed by atoms with Gasteiger partial charge in [-0.15, -0.1) is 0 Å². The lowest BCUT2D eigenvalue weighted by Gasteiger charge is -2.02. The van der Waals surface area contributed by atoms with Crippen molar-refractivity contribution in [3.8, 4) is 0 Å². The molecule has 5 nitrogen and oxygen atoms in total. The van der Waals surface area contributed by atoms with Crippen molar-refractivity contribution in [1.29, 1.82) is 0 Å². The lowest BCUT2D eigenvalue weighted by atomic mass is 10.2. The number of halogens is 1. The Balaban J connectivity index is 2.20. The van der Waals surface area contributed by atoms with E-state index in [0.717, 1.165) is 0 Å². The Morgan fingerprint density at radius 3 is 3.00 bits per heavy atom. The van der Waals surface area contributed by atoms with Gasteiger partial charge in [0.2, 0.25) is 0 Å². The molecular formula is C11H11FN4O. The number of pyridine rings is 1. The fourth-order valence-corrected chi connectivity index (χ4v) is 1.51. The molecule has 0 aliphatic rings. The summed E-state index contributed by atoms with van der Waals surface area (Å²) in [4.78, 5) is 19.5. The fraction of sp³-hybridized carbons (Fsp3) is 0.273. The highest BCUT2D eigenvalue weighted by Gasteiger charge is 2.16. The number of carbonyl (C=O) groups excluding carboxylic acids is 1. The van der Waals surface area contributed by atoms with Crippen molar-refractivity contribution in [2.75, 3.05) is 0 Å². The number of nitrogens with zero attached hydrogens (tertiary/aromatic N) is 4. The predicted molar refractivity (Wildman–Crippen MR) is 57.9 cm³/mol. The molecule has 88 valence electrons. The average molecular weight is 234 g/mol. The first-order valence-electron chi connectivity index (χ1n) is 5.22. The predicted octanol–water partition coefficient (Wildman–Crippen LogP) is 1.26. The van der Waals surface area contributed by atoms with Crippen LogP contribution in [-0.4, -0.2) is 25.5 Å². The van der Waals surface area contributed by atoms with Gasteiger partial charge in [0.05, 0.1) is 6.42 Å². The summed E-state index contributed by atoms with van der Waals surface area (Å²) in [7, 11) is 0. The van der Waals surface area contributed by atoms with Crippen LogP contribution in [0.2, 0.25) is 0 Å². The van der Waals surface area contributed by atoms with E-state index in [0.29, 0.717) is 12.4 Å². The Morgan fingerprint density at radius 1 is 1.47 bits per heavy atom. The van der Waals surface area contributed by atoms with Crippen LogP contribution in [0.3, 0.4) is 0 Å². The van der Waals surface area contributed by atoms with Crippen molar-refractivity contribution < 1.29 is 9.18 Å². The average Bonchev–Trinajstić information content (AvgIpc) is 2.76. The van der Waals surface area contributed by atoms with Crippen LogP contribution in [0.1, 0.15) is 23.2 Å². The van der Waals surface area contributed by atoms with Gasteiger partial charge in [0.25, 0.3) is 0 Å². The van der Waals surface area contributed by atoms with Gasteiger partial charge in [0, 0.05) is 12.7 Å². The second-order valence-corrected chi connectivity index (χ2v) is 3.43. The van der Waals surface area contributed by atoms with E-state index in [4.69, 9.17) is 0 Å². The van der Waals surface area contributed by atoms with Crippen LogP contribution in [0.5, 0.6) is 0 Å². The van der Waals surface area contributed by atoms with Crippen LogP contribution in [0.25, 0.3) is 0 Å². The SMILES string of the molecule is CCn1ncnc1CC(=O)c1ncccc1F. The number of rotatable bonds is 4. The van der Waals surface area contributed by atoms with Crippen LogP contribution in [0, 0.1) is 5.82 Å². The van der Waals surface area contributed by atoms with E-state index in [1.807, 2.05) is 6.92 Å². The van der Waals surface area contributed by atoms with E-state index in [9.17, 15) is 9.18 Å². The maximum absolute atomic E-state index is 13.3. The first kappa shape index (κ1) is 11.4. The molecule has 6 heteroatoms. The van der Waals surface area contributed by atoms with E-state index in [-0.39, 0.29) is 12.1 Å². The van der Waals surface area contributed by atoms with Gasteiger partial charge in [-0.05, 0) is 19.1 Å². The summed E-state index contributed by atoms with van der Waals surface area (Å²) in [6.07, 6.45) is 2.77. The number of Topliss-reactive ketones (excluding diaryl/α,β-unsaturated/α-hetero) is 1. The Morgan fingerprint density at radius 2 is 2.29 bits per heavy atom. The molecule has 0 aromatic carbocycles. The molecule has 0 aliphatic heterocycles. The zero-order valence-corrected chi connectivity index (χ0v) is 9.30. The Kier molecular flexibility index (Phi) is 3.22. The smallest absolute Gasteiger partial charge is 0.191 e. The summed E-state index contributed by atoms with van der Waals surface area (Å²) in [6, 6.07) is 2.66. The maximum atomic E-state index is 13.3. The summed E-state index contributed by atoms with van der Waals surface area (Å²) in [5.41, 5.74) is -0.154. The molecular weight excluding hydrogens is 223 g/mol. The minimum absolute atomic E-state index is 0.00176. The van der Waals surface area contributed by atoms with Crippen molar-refractivity contribution in [3.05, 3.63) is 42.0 Å². The molecule has 0 saturated heterocycles. The highest BCUT2D eigenvalue weighted by Crippen LogP contribution is 2.07. The number of aryl methyl sites for hydroxylation is 1. The van der Waals surface area contributed by atoms with Gasteiger partial charge in [-0.3, -0.25) is 9.78 Å². The van der Waals surface area contributed by atoms with Crippen molar-refractivity contribution in [3.63, 3.8) is 0 Å². The van der Waals surface area contributed by atoms with Crippen LogP contribution >= 0.6 is 0 Å². The van der Waals surface area contributed by atoms with Crippen LogP contribution in [0.15, 0.2) is 24.7 Å². The molecule has 0 saturated carbocycles. The normalized spacial score (nSPS) is 10.5. The van der Waals surface area contributed by atoms with Gasteiger partial charge in [0.1, 0.15) is 17.8 Å². The van der Waals surface area contributed by atoms with Crippen LogP contribution in [0.4, 0.5) is 4.39 Å². The van der Waals surface area contributed by atoms with Crippen molar-refractivity contribution in [2.24, 2.45) is 0 Å². The van der Waals surface area contributed by atoms with Crippen molar-refractivity contribution in [1.82, 2.24) is 19.7 Å². The Bertz CT molecular complexity index is 538. The minimum atomic E-state index is -0.611. The van der Waals surface area contributed by atoms with Gasteiger partial charge < -0.3 is 0 Å². The first-order chi connectivity index (χ1) is 8.22. The van der Waals surface area contributed by atoms with E-state index >= 15 is 0 Å². The lowest BCUT2D eigenvalue weighted by molar-refractivity contribution is 0.0980. The number of aromatic nitrogens is 4. The third-order valence-electron chi connectivity index (χ3n) is 2.34. The first-order valence-corrected chi connectivity index (χ1v) is 5.22. The maximum Gasteiger partial charge on any atom is 0.191 e. The molecule has 2 aromatic rings. The third-order valence-corrected chi connectivity index (χ3v) is 2.34. The molecule has 2 heterocycles. The van der Waals surface area contributed by atoms with Crippen LogP contribution in [-0.2, 0) is 13.0 Å². The molecule has 0 aliphatic carbocycles. The molecule has 0 amide bonds. The topological polar surface area (TPSA) is 60.7 Å². The largest absolute Gasteiger partial charge is 0.292 e. The molecule has 0 fully saturated rings. The number of ketones is 1. The van der Waals surface area contributed by atoms with E-state index in [1.165, 1.54) is 24.7 Å². The Hall–Kier alpha value is -2.11. The minimum Gasteiger partial charge on any atom is -0.292 e. The highest BCUT2D eigenvalue weighted by atomic mass is 19.1. The summed E-state index contributed by atoms with van der Waals surface area (Å²) in [5, 5.41) is 3.94. The molecule has 17 heavy (non-hydrogen) atoms. The molecule has 0 bridgehead atoms. The standard InChI is InChI=1S/C11H11FN4O/c1-2-16-10(14-7-15-16)6-9(17)11-8(12)4-3-5-13-11/h3-5,7H,2,6H2,1H3. The van der Waals surface area contributed by atoms with Crippen molar-refractivity contribution >= 4 is 5.78 Å². The second kappa shape index (κ2) is 4.82. The van der Waals surface area contributed by atoms with E-state index < -0.39 is 11.6 Å². The van der Waals surface area contributed by atoms with E-state index in [1.54, 1.807) is 4.68 Å². The van der Waals surface area contributed by atoms with Gasteiger partial charge in [-0.2, -0.15) is 5.10 Å². The molecule has 2 aromatic heterocycles. The van der Waals surface area contributed by atoms with Crippen molar-refractivity contribution in [2.45, 2.75) is 19.9 Å². The molecule has 0 N–H and O–H groups in total. The zero-order chi connectivity index (χ0) is 12.3. The van der Waals surface area contributed by atoms with Gasteiger partial charge in [-0.25, -0.2) is 14.1 Å². The molecule has 0 radical (unpaired) electrons. The lowest BCUT2D eigenvalue weighted by Crippen LogP contribution is -2.13. The van der Waals surface area contributed by atoms with Gasteiger partial charge in [0.15, 0.2) is 11.6 Å². The van der Waals surface area contributed by atoms with Crippen LogP contribution < -0.4 is 0 Å². The molecule has 0 atom stereocenters. The van der Waals surface area contributed by atoms with E-state index in [2.05, 4.69) is 15.1 Å². The molecule has 0 unspecified atom stereocenters. The summed E-state index contributed by atoms with van der Waals surface area (Å²) in [6.45, 7) is 2.51. The van der Waals surface area contributed by atoms with Gasteiger partial charge >= 0.3 is 0 Å². The number of carbonyl (C=O) groups is 1. The number of hydrogen-bond acceptors (Lipinski definition) is 4. The zero-order valence-electron chi connectivity index (χ0n) is 9.30. The monoisotopic (exact) mass is 234 g/mol. The summed E-state index contributed by atoms with van der Waals surface area (Å²) in [5.74, 6) is -0.492. The third kappa shape index (κ3) is 2.35. The quantitative estimate of drug-likeness (QED) is 0.747. The Labute approximate surface area is 97.3 Å². The van der Waals surface area contributed by atoms with Gasteiger partial charge in [-0.1, -0.05) is 0 Å². The number of hydrogen-bond donors (Lipinski definition) is 0. The summed E-state index contributed by atoms with van der Waals surface area (Å²) < 4.78 is 14.9. The molecule has 2 rings (SSSR count). The fourth-order valence-electron chi connectivity index (χ4n) is 1.51. The second-order valence-electron chi connectivity index (χ2n) is 3.43. The highest BCUT2D eigenvalue weighted by molar-refractivity contribution is 5.95. The molecule has 0 spiro atoms.